The Labute approximate surface area is 97.9 Å². The lowest BCUT2D eigenvalue weighted by atomic mass is 10.3. The largest absolute Gasteiger partial charge is 0.339 e. The average Bonchev–Trinajstić information content (AvgIpc) is 2.86. The first-order valence-electron chi connectivity index (χ1n) is 5.15. The summed E-state index contributed by atoms with van der Waals surface area (Å²) in [6.07, 6.45) is 1.41. The van der Waals surface area contributed by atoms with Crippen molar-refractivity contribution in [3.05, 3.63) is 27.8 Å². The molecule has 0 spiro atoms. The van der Waals surface area contributed by atoms with Gasteiger partial charge in [-0.3, -0.25) is 0 Å². The van der Waals surface area contributed by atoms with Crippen LogP contribution in [0.1, 0.15) is 22.4 Å². The second kappa shape index (κ2) is 5.18. The van der Waals surface area contributed by atoms with E-state index in [2.05, 4.69) is 20.4 Å². The van der Waals surface area contributed by atoms with Gasteiger partial charge in [-0.05, 0) is 14.0 Å². The fourth-order valence-corrected chi connectivity index (χ4v) is 1.96. The Morgan fingerprint density at radius 2 is 2.31 bits per heavy atom. The Morgan fingerprint density at radius 3 is 3.00 bits per heavy atom. The van der Waals surface area contributed by atoms with E-state index in [0.29, 0.717) is 18.1 Å². The van der Waals surface area contributed by atoms with Gasteiger partial charge in [-0.1, -0.05) is 5.16 Å². The van der Waals surface area contributed by atoms with E-state index in [0.717, 1.165) is 23.7 Å². The summed E-state index contributed by atoms with van der Waals surface area (Å²) in [7, 11) is 1.90. The second-order valence-corrected chi connectivity index (χ2v) is 4.55. The van der Waals surface area contributed by atoms with E-state index < -0.39 is 0 Å². The number of thiazole rings is 1. The first-order valence-corrected chi connectivity index (χ1v) is 6.03. The summed E-state index contributed by atoms with van der Waals surface area (Å²) < 4.78 is 5.12. The monoisotopic (exact) mass is 238 g/mol. The Balaban J connectivity index is 1.97. The predicted molar refractivity (Wildman–Crippen MR) is 61.6 cm³/mol. The summed E-state index contributed by atoms with van der Waals surface area (Å²) in [4.78, 5) is 8.66. The number of hydrogen-bond donors (Lipinski definition) is 1. The maximum absolute atomic E-state index is 5.12. The van der Waals surface area contributed by atoms with Crippen LogP contribution in [0.15, 0.2) is 9.90 Å². The molecule has 0 amide bonds. The van der Waals surface area contributed by atoms with Gasteiger partial charge < -0.3 is 9.84 Å². The first kappa shape index (κ1) is 11.2. The second-order valence-electron chi connectivity index (χ2n) is 3.49. The van der Waals surface area contributed by atoms with Gasteiger partial charge in [-0.2, -0.15) is 4.98 Å². The molecule has 0 radical (unpaired) electrons. The molecule has 86 valence electrons. The number of rotatable bonds is 5. The highest BCUT2D eigenvalue weighted by Crippen LogP contribution is 2.11. The minimum Gasteiger partial charge on any atom is -0.339 e. The van der Waals surface area contributed by atoms with E-state index in [-0.39, 0.29) is 0 Å². The van der Waals surface area contributed by atoms with Gasteiger partial charge in [0.1, 0.15) is 0 Å². The van der Waals surface area contributed by atoms with Crippen LogP contribution in [0.3, 0.4) is 0 Å². The van der Waals surface area contributed by atoms with Gasteiger partial charge in [0.05, 0.1) is 17.1 Å². The Hall–Kier alpha value is -1.27. The summed E-state index contributed by atoms with van der Waals surface area (Å²) in [5, 5.41) is 10.1. The predicted octanol–water partition coefficient (Wildman–Crippen LogP) is 1.19. The van der Waals surface area contributed by atoms with Crippen molar-refractivity contribution < 1.29 is 4.52 Å². The molecule has 0 aliphatic rings. The minimum absolute atomic E-state index is 0.646. The molecule has 0 aliphatic heterocycles. The first-order chi connectivity index (χ1) is 7.78. The molecule has 0 bridgehead atoms. The van der Waals surface area contributed by atoms with Crippen molar-refractivity contribution in [3.8, 4) is 0 Å². The van der Waals surface area contributed by atoms with Crippen molar-refractivity contribution in [2.75, 3.05) is 13.6 Å². The van der Waals surface area contributed by atoms with Crippen LogP contribution in [0.25, 0.3) is 0 Å². The lowest BCUT2D eigenvalue weighted by Crippen LogP contribution is -2.10. The topological polar surface area (TPSA) is 63.8 Å². The Morgan fingerprint density at radius 1 is 1.44 bits per heavy atom. The molecule has 0 atom stereocenters. The standard InChI is InChI=1S/C10H14N4OS/c1-7-12-8(6-16-7)5-9-13-10(15-14-9)3-4-11-2/h6,11H,3-5H2,1-2H3. The number of nitrogens with zero attached hydrogens (tertiary/aromatic N) is 3. The van der Waals surface area contributed by atoms with Gasteiger partial charge in [0.2, 0.25) is 5.89 Å². The summed E-state index contributed by atoms with van der Waals surface area (Å²) in [6, 6.07) is 0. The van der Waals surface area contributed by atoms with Gasteiger partial charge in [0, 0.05) is 18.3 Å². The van der Waals surface area contributed by atoms with Crippen molar-refractivity contribution in [2.45, 2.75) is 19.8 Å². The SMILES string of the molecule is CNCCc1nc(Cc2csc(C)n2)no1. The minimum atomic E-state index is 0.646. The smallest absolute Gasteiger partial charge is 0.227 e. The number of likely N-dealkylation sites (N-methyl/N-ethyl adjacent to an activating group) is 1. The maximum atomic E-state index is 5.12. The summed E-state index contributed by atoms with van der Waals surface area (Å²) in [6.45, 7) is 2.83. The number of aryl methyl sites for hydroxylation is 1. The van der Waals surface area contributed by atoms with Crippen LogP contribution in [0.4, 0.5) is 0 Å². The zero-order valence-electron chi connectivity index (χ0n) is 9.36. The zero-order valence-corrected chi connectivity index (χ0v) is 10.2. The molecule has 2 aromatic rings. The van der Waals surface area contributed by atoms with Crippen molar-refractivity contribution in [1.82, 2.24) is 20.4 Å². The van der Waals surface area contributed by atoms with E-state index in [9.17, 15) is 0 Å². The van der Waals surface area contributed by atoms with E-state index in [1.165, 1.54) is 0 Å². The third kappa shape index (κ3) is 2.86. The lowest BCUT2D eigenvalue weighted by molar-refractivity contribution is 0.372. The van der Waals surface area contributed by atoms with E-state index in [1.54, 1.807) is 11.3 Å². The van der Waals surface area contributed by atoms with E-state index in [1.807, 2.05) is 19.4 Å². The molecule has 16 heavy (non-hydrogen) atoms. The van der Waals surface area contributed by atoms with Gasteiger partial charge in [-0.15, -0.1) is 11.3 Å². The molecule has 0 aromatic carbocycles. The fraction of sp³-hybridized carbons (Fsp3) is 0.500. The molecule has 6 heteroatoms. The molecule has 0 saturated carbocycles. The summed E-state index contributed by atoms with van der Waals surface area (Å²) in [5.74, 6) is 1.38. The summed E-state index contributed by atoms with van der Waals surface area (Å²) in [5.41, 5.74) is 1.00. The lowest BCUT2D eigenvalue weighted by Gasteiger charge is -1.90. The highest BCUT2D eigenvalue weighted by Gasteiger charge is 2.08. The third-order valence-electron chi connectivity index (χ3n) is 2.10. The van der Waals surface area contributed by atoms with Crippen LogP contribution in [-0.4, -0.2) is 28.7 Å². The molecule has 2 aromatic heterocycles. The molecule has 0 aliphatic carbocycles. The molecule has 0 unspecified atom stereocenters. The molecule has 1 N–H and O–H groups in total. The van der Waals surface area contributed by atoms with Crippen LogP contribution in [-0.2, 0) is 12.8 Å². The van der Waals surface area contributed by atoms with Crippen LogP contribution < -0.4 is 5.32 Å². The van der Waals surface area contributed by atoms with Crippen LogP contribution >= 0.6 is 11.3 Å². The Kier molecular flexibility index (Phi) is 3.63. The van der Waals surface area contributed by atoms with Crippen molar-refractivity contribution in [1.29, 1.82) is 0 Å². The molecule has 2 rings (SSSR count). The highest BCUT2D eigenvalue weighted by atomic mass is 32.1. The van der Waals surface area contributed by atoms with Gasteiger partial charge in [-0.25, -0.2) is 4.98 Å². The molecule has 0 saturated heterocycles. The zero-order chi connectivity index (χ0) is 11.4. The number of nitrogens with one attached hydrogen (secondary N) is 1. The van der Waals surface area contributed by atoms with Crippen molar-refractivity contribution in [3.63, 3.8) is 0 Å². The Bertz CT molecular complexity index is 451. The average molecular weight is 238 g/mol. The third-order valence-corrected chi connectivity index (χ3v) is 2.93. The fourth-order valence-electron chi connectivity index (χ4n) is 1.35. The number of hydrogen-bond acceptors (Lipinski definition) is 6. The van der Waals surface area contributed by atoms with Crippen molar-refractivity contribution in [2.24, 2.45) is 0 Å². The quantitative estimate of drug-likeness (QED) is 0.847. The molecular weight excluding hydrogens is 224 g/mol. The van der Waals surface area contributed by atoms with Gasteiger partial charge in [0.25, 0.3) is 0 Å². The summed E-state index contributed by atoms with van der Waals surface area (Å²) >= 11 is 1.64. The van der Waals surface area contributed by atoms with E-state index in [4.69, 9.17) is 4.52 Å². The van der Waals surface area contributed by atoms with Crippen LogP contribution in [0, 0.1) is 6.92 Å². The van der Waals surface area contributed by atoms with E-state index >= 15 is 0 Å². The normalized spacial score (nSPS) is 10.9. The molecule has 2 heterocycles. The maximum Gasteiger partial charge on any atom is 0.227 e. The molecule has 5 nitrogen and oxygen atoms in total. The van der Waals surface area contributed by atoms with Gasteiger partial charge in [0.15, 0.2) is 5.82 Å². The van der Waals surface area contributed by atoms with Gasteiger partial charge >= 0.3 is 0 Å². The van der Waals surface area contributed by atoms with Crippen LogP contribution in [0.2, 0.25) is 0 Å². The molecular formula is C10H14N4OS. The van der Waals surface area contributed by atoms with Crippen molar-refractivity contribution >= 4 is 11.3 Å². The molecule has 0 fully saturated rings. The highest BCUT2D eigenvalue weighted by molar-refractivity contribution is 7.09. The van der Waals surface area contributed by atoms with Crippen LogP contribution in [0.5, 0.6) is 0 Å². The number of aromatic nitrogens is 3.